The second kappa shape index (κ2) is 5.42. The molecular weight excluding hydrogens is 304 g/mol. The number of halogens is 2. The molecule has 0 aromatic carbocycles. The molecule has 4 nitrogen and oxygen atoms in total. The first-order chi connectivity index (χ1) is 8.18. The molecule has 0 aliphatic rings. The van der Waals surface area contributed by atoms with Crippen molar-refractivity contribution >= 4 is 33.3 Å². The van der Waals surface area contributed by atoms with E-state index in [4.69, 9.17) is 11.6 Å². The van der Waals surface area contributed by atoms with Crippen LogP contribution in [-0.4, -0.2) is 22.0 Å². The van der Waals surface area contributed by atoms with E-state index in [1.165, 1.54) is 6.33 Å². The molecule has 0 radical (unpaired) electrons. The molecule has 0 saturated heterocycles. The summed E-state index contributed by atoms with van der Waals surface area (Å²) < 4.78 is 0.707. The second-order valence-electron chi connectivity index (χ2n) is 3.51. The van der Waals surface area contributed by atoms with Crippen LogP contribution in [0.4, 0.5) is 5.82 Å². The number of rotatable bonds is 3. The molecule has 2 aromatic rings. The van der Waals surface area contributed by atoms with Crippen molar-refractivity contribution in [3.8, 4) is 0 Å². The molecule has 2 rings (SSSR count). The van der Waals surface area contributed by atoms with Gasteiger partial charge in [-0.2, -0.15) is 0 Å². The van der Waals surface area contributed by atoms with E-state index in [1.54, 1.807) is 12.4 Å². The molecular formula is C11H10BrClN4. The maximum atomic E-state index is 5.93. The van der Waals surface area contributed by atoms with Gasteiger partial charge in [-0.05, 0) is 33.6 Å². The van der Waals surface area contributed by atoms with Crippen LogP contribution in [0.1, 0.15) is 5.56 Å². The first-order valence-electron chi connectivity index (χ1n) is 4.94. The van der Waals surface area contributed by atoms with Crippen LogP contribution in [-0.2, 0) is 6.54 Å². The lowest BCUT2D eigenvalue weighted by Gasteiger charge is -2.19. The van der Waals surface area contributed by atoms with Crippen LogP contribution in [0.3, 0.4) is 0 Å². The third kappa shape index (κ3) is 2.92. The van der Waals surface area contributed by atoms with Gasteiger partial charge >= 0.3 is 0 Å². The number of pyridine rings is 1. The van der Waals surface area contributed by atoms with Gasteiger partial charge in [0.25, 0.3) is 0 Å². The summed E-state index contributed by atoms with van der Waals surface area (Å²) >= 11 is 9.31. The Labute approximate surface area is 113 Å². The van der Waals surface area contributed by atoms with E-state index >= 15 is 0 Å². The number of hydrogen-bond donors (Lipinski definition) is 0. The van der Waals surface area contributed by atoms with E-state index in [1.807, 2.05) is 24.1 Å². The third-order valence-electron chi connectivity index (χ3n) is 2.26. The van der Waals surface area contributed by atoms with E-state index in [0.29, 0.717) is 9.63 Å². The van der Waals surface area contributed by atoms with E-state index < -0.39 is 0 Å². The van der Waals surface area contributed by atoms with Crippen LogP contribution >= 0.6 is 27.5 Å². The molecule has 0 spiro atoms. The molecule has 17 heavy (non-hydrogen) atoms. The number of anilines is 1. The quantitative estimate of drug-likeness (QED) is 0.817. The molecule has 6 heteroatoms. The number of nitrogens with zero attached hydrogens (tertiary/aromatic N) is 4. The number of hydrogen-bond acceptors (Lipinski definition) is 4. The van der Waals surface area contributed by atoms with Crippen molar-refractivity contribution in [2.45, 2.75) is 6.54 Å². The minimum atomic E-state index is 0.413. The molecule has 0 aliphatic heterocycles. The fraction of sp³-hybridized carbons (Fsp3) is 0.182. The van der Waals surface area contributed by atoms with Gasteiger partial charge in [0, 0.05) is 26.0 Å². The topological polar surface area (TPSA) is 41.9 Å². The van der Waals surface area contributed by atoms with Crippen molar-refractivity contribution < 1.29 is 0 Å². The highest BCUT2D eigenvalue weighted by molar-refractivity contribution is 9.10. The summed E-state index contributed by atoms with van der Waals surface area (Å²) in [7, 11) is 1.95. The van der Waals surface area contributed by atoms with E-state index in [0.717, 1.165) is 17.9 Å². The van der Waals surface area contributed by atoms with Gasteiger partial charge in [0.1, 0.15) is 17.3 Å². The summed E-state index contributed by atoms with van der Waals surface area (Å²) in [4.78, 5) is 14.1. The molecule has 0 bridgehead atoms. The summed E-state index contributed by atoms with van der Waals surface area (Å²) in [5, 5.41) is 0.413. The minimum Gasteiger partial charge on any atom is -0.354 e. The molecule has 0 fully saturated rings. The Bertz CT molecular complexity index is 506. The lowest BCUT2D eigenvalue weighted by atomic mass is 10.2. The van der Waals surface area contributed by atoms with Gasteiger partial charge in [-0.25, -0.2) is 9.97 Å². The van der Waals surface area contributed by atoms with Gasteiger partial charge in [0.05, 0.1) is 4.47 Å². The number of aromatic nitrogens is 3. The SMILES string of the molecule is CN(Cc1ccncc1)c1ncnc(Cl)c1Br. The molecule has 0 N–H and O–H groups in total. The Morgan fingerprint density at radius 2 is 2.00 bits per heavy atom. The minimum absolute atomic E-state index is 0.413. The molecule has 0 amide bonds. The van der Waals surface area contributed by atoms with Crippen LogP contribution in [0.15, 0.2) is 35.3 Å². The zero-order valence-electron chi connectivity index (χ0n) is 9.14. The summed E-state index contributed by atoms with van der Waals surface area (Å²) in [6.07, 6.45) is 4.99. The van der Waals surface area contributed by atoms with Gasteiger partial charge in [-0.1, -0.05) is 11.6 Å². The Hall–Kier alpha value is -1.20. The van der Waals surface area contributed by atoms with Crippen molar-refractivity contribution in [3.05, 3.63) is 46.0 Å². The Morgan fingerprint density at radius 3 is 2.71 bits per heavy atom. The van der Waals surface area contributed by atoms with Crippen LogP contribution < -0.4 is 4.90 Å². The first-order valence-corrected chi connectivity index (χ1v) is 6.11. The average Bonchev–Trinajstić information content (AvgIpc) is 2.34. The van der Waals surface area contributed by atoms with Gasteiger partial charge in [-0.15, -0.1) is 0 Å². The Kier molecular flexibility index (Phi) is 3.91. The molecule has 0 aliphatic carbocycles. The largest absolute Gasteiger partial charge is 0.354 e. The van der Waals surface area contributed by atoms with Crippen molar-refractivity contribution in [1.29, 1.82) is 0 Å². The Morgan fingerprint density at radius 1 is 1.29 bits per heavy atom. The van der Waals surface area contributed by atoms with Crippen LogP contribution in [0.5, 0.6) is 0 Å². The summed E-state index contributed by atoms with van der Waals surface area (Å²) in [6.45, 7) is 0.731. The normalized spacial score (nSPS) is 10.3. The standard InChI is InChI=1S/C11H10BrClN4/c1-17(6-8-2-4-14-5-3-8)11-9(12)10(13)15-7-16-11/h2-5,7H,6H2,1H3. The van der Waals surface area contributed by atoms with E-state index in [-0.39, 0.29) is 0 Å². The van der Waals surface area contributed by atoms with Gasteiger partial charge in [-0.3, -0.25) is 4.98 Å². The van der Waals surface area contributed by atoms with Gasteiger partial charge in [0.15, 0.2) is 0 Å². The van der Waals surface area contributed by atoms with Crippen molar-refractivity contribution in [2.75, 3.05) is 11.9 Å². The zero-order valence-corrected chi connectivity index (χ0v) is 11.5. The molecule has 2 aromatic heterocycles. The molecule has 0 unspecified atom stereocenters. The molecule has 2 heterocycles. The lowest BCUT2D eigenvalue weighted by Crippen LogP contribution is -2.18. The third-order valence-corrected chi connectivity index (χ3v) is 3.50. The summed E-state index contributed by atoms with van der Waals surface area (Å²) in [5.41, 5.74) is 1.16. The average molecular weight is 314 g/mol. The smallest absolute Gasteiger partial charge is 0.148 e. The second-order valence-corrected chi connectivity index (χ2v) is 4.66. The summed E-state index contributed by atoms with van der Waals surface area (Å²) in [6, 6.07) is 3.93. The zero-order chi connectivity index (χ0) is 12.3. The maximum absolute atomic E-state index is 5.93. The highest BCUT2D eigenvalue weighted by Gasteiger charge is 2.11. The lowest BCUT2D eigenvalue weighted by molar-refractivity contribution is 0.884. The van der Waals surface area contributed by atoms with E-state index in [2.05, 4.69) is 30.9 Å². The van der Waals surface area contributed by atoms with Crippen molar-refractivity contribution in [2.24, 2.45) is 0 Å². The van der Waals surface area contributed by atoms with Crippen LogP contribution in [0.25, 0.3) is 0 Å². The first kappa shape index (κ1) is 12.3. The predicted octanol–water partition coefficient (Wildman–Crippen LogP) is 2.92. The van der Waals surface area contributed by atoms with E-state index in [9.17, 15) is 0 Å². The maximum Gasteiger partial charge on any atom is 0.148 e. The van der Waals surface area contributed by atoms with Crippen molar-refractivity contribution in [3.63, 3.8) is 0 Å². The molecule has 0 atom stereocenters. The fourth-order valence-electron chi connectivity index (χ4n) is 1.44. The highest BCUT2D eigenvalue weighted by Crippen LogP contribution is 2.28. The highest BCUT2D eigenvalue weighted by atomic mass is 79.9. The van der Waals surface area contributed by atoms with Crippen LogP contribution in [0.2, 0.25) is 5.15 Å². The van der Waals surface area contributed by atoms with Gasteiger partial charge in [0.2, 0.25) is 0 Å². The predicted molar refractivity (Wildman–Crippen MR) is 71.1 cm³/mol. The monoisotopic (exact) mass is 312 g/mol. The van der Waals surface area contributed by atoms with Crippen molar-refractivity contribution in [1.82, 2.24) is 15.0 Å². The van der Waals surface area contributed by atoms with Crippen LogP contribution in [0, 0.1) is 0 Å². The fourth-order valence-corrected chi connectivity index (χ4v) is 2.08. The Balaban J connectivity index is 2.20. The summed E-state index contributed by atoms with van der Waals surface area (Å²) in [5.74, 6) is 0.766. The van der Waals surface area contributed by atoms with Gasteiger partial charge < -0.3 is 4.90 Å². The molecule has 0 saturated carbocycles. The molecule has 88 valence electrons.